The van der Waals surface area contributed by atoms with Crippen molar-refractivity contribution in [3.63, 3.8) is 0 Å². The number of rotatable bonds is 7. The highest BCUT2D eigenvalue weighted by molar-refractivity contribution is 5.28. The van der Waals surface area contributed by atoms with E-state index in [0.717, 1.165) is 26.1 Å². The van der Waals surface area contributed by atoms with Gasteiger partial charge in [-0.3, -0.25) is 4.98 Å². The zero-order chi connectivity index (χ0) is 15.2. The number of nitrogens with one attached hydrogen (secondary N) is 1. The normalized spacial score (nSPS) is 12.2. The minimum absolute atomic E-state index is 0.115. The first kappa shape index (κ1) is 17.1. The van der Waals surface area contributed by atoms with Crippen LogP contribution in [0.5, 0.6) is 0 Å². The number of aromatic nitrogens is 1. The van der Waals surface area contributed by atoms with Crippen LogP contribution in [0, 0.1) is 6.92 Å². The van der Waals surface area contributed by atoms with Crippen LogP contribution in [-0.4, -0.2) is 24.2 Å². The van der Waals surface area contributed by atoms with E-state index < -0.39 is 0 Å². The van der Waals surface area contributed by atoms with Gasteiger partial charge in [0.15, 0.2) is 0 Å². The minimum atomic E-state index is 0.115. The molecule has 1 heterocycles. The summed E-state index contributed by atoms with van der Waals surface area (Å²) < 4.78 is 5.51. The molecular formula is C17H30N2O. The molecule has 0 radical (unpaired) electrons. The molecule has 1 N–H and O–H groups in total. The van der Waals surface area contributed by atoms with Gasteiger partial charge in [-0.2, -0.15) is 0 Å². The Labute approximate surface area is 124 Å². The molecule has 0 aliphatic carbocycles. The van der Waals surface area contributed by atoms with E-state index in [9.17, 15) is 0 Å². The third-order valence-corrected chi connectivity index (χ3v) is 3.12. The molecule has 0 aliphatic heterocycles. The van der Waals surface area contributed by atoms with Crippen LogP contribution in [0.3, 0.4) is 0 Å². The number of hydrogen-bond donors (Lipinski definition) is 1. The minimum Gasteiger partial charge on any atom is -0.379 e. The van der Waals surface area contributed by atoms with E-state index in [1.807, 2.05) is 6.20 Å². The summed E-state index contributed by atoms with van der Waals surface area (Å²) >= 11 is 0. The molecule has 0 saturated heterocycles. The highest BCUT2D eigenvalue weighted by atomic mass is 16.5. The summed E-state index contributed by atoms with van der Waals surface area (Å²) in [4.78, 5) is 4.62. The largest absolute Gasteiger partial charge is 0.379 e. The first-order valence-electron chi connectivity index (χ1n) is 7.59. The Kier molecular flexibility index (Phi) is 6.63. The van der Waals surface area contributed by atoms with Crippen molar-refractivity contribution in [2.45, 2.75) is 66.0 Å². The average Bonchev–Trinajstić information content (AvgIpc) is 2.31. The smallest absolute Gasteiger partial charge is 0.0518 e. The van der Waals surface area contributed by atoms with E-state index in [4.69, 9.17) is 4.74 Å². The maximum Gasteiger partial charge on any atom is 0.0518 e. The van der Waals surface area contributed by atoms with Gasteiger partial charge in [-0.15, -0.1) is 0 Å². The molecular weight excluding hydrogens is 248 g/mol. The highest BCUT2D eigenvalue weighted by Crippen LogP contribution is 2.23. The molecule has 0 amide bonds. The third kappa shape index (κ3) is 6.02. The molecule has 0 saturated carbocycles. The van der Waals surface area contributed by atoms with Crippen LogP contribution in [0.4, 0.5) is 0 Å². The Bertz CT molecular complexity index is 408. The van der Waals surface area contributed by atoms with Gasteiger partial charge in [0.05, 0.1) is 6.10 Å². The SMILES string of the molecule is Cc1cc(CNCCCOC(C)C)cnc1C(C)(C)C. The summed E-state index contributed by atoms with van der Waals surface area (Å²) in [6.07, 6.45) is 3.36. The van der Waals surface area contributed by atoms with E-state index in [-0.39, 0.29) is 5.41 Å². The monoisotopic (exact) mass is 278 g/mol. The van der Waals surface area contributed by atoms with Crippen molar-refractivity contribution in [2.75, 3.05) is 13.2 Å². The topological polar surface area (TPSA) is 34.1 Å². The van der Waals surface area contributed by atoms with Crippen molar-refractivity contribution in [1.82, 2.24) is 10.3 Å². The lowest BCUT2D eigenvalue weighted by molar-refractivity contribution is 0.0770. The highest BCUT2D eigenvalue weighted by Gasteiger charge is 2.17. The molecule has 114 valence electrons. The Morgan fingerprint density at radius 2 is 2.00 bits per heavy atom. The summed E-state index contributed by atoms with van der Waals surface area (Å²) in [6, 6.07) is 2.24. The fourth-order valence-electron chi connectivity index (χ4n) is 2.26. The molecule has 0 bridgehead atoms. The first-order valence-corrected chi connectivity index (χ1v) is 7.59. The lowest BCUT2D eigenvalue weighted by atomic mass is 9.88. The van der Waals surface area contributed by atoms with Crippen LogP contribution < -0.4 is 5.32 Å². The maximum atomic E-state index is 5.51. The molecule has 0 unspecified atom stereocenters. The van der Waals surface area contributed by atoms with Gasteiger partial charge in [-0.05, 0) is 44.9 Å². The first-order chi connectivity index (χ1) is 9.30. The predicted molar refractivity (Wildman–Crippen MR) is 85.1 cm³/mol. The van der Waals surface area contributed by atoms with Gasteiger partial charge in [-0.1, -0.05) is 26.8 Å². The summed E-state index contributed by atoms with van der Waals surface area (Å²) in [6.45, 7) is 15.6. The van der Waals surface area contributed by atoms with Crippen LogP contribution in [0.1, 0.15) is 57.9 Å². The van der Waals surface area contributed by atoms with Crippen molar-refractivity contribution in [3.05, 3.63) is 29.1 Å². The van der Waals surface area contributed by atoms with Crippen LogP contribution in [0.15, 0.2) is 12.3 Å². The number of aryl methyl sites for hydroxylation is 1. The number of nitrogens with zero attached hydrogens (tertiary/aromatic N) is 1. The zero-order valence-corrected chi connectivity index (χ0v) is 13.9. The molecule has 0 spiro atoms. The number of ether oxygens (including phenoxy) is 1. The standard InChI is InChI=1S/C17H30N2O/c1-13(2)20-9-7-8-18-11-15-10-14(3)16(19-12-15)17(4,5)6/h10,12-13,18H,7-9,11H2,1-6H3. The number of hydrogen-bond acceptors (Lipinski definition) is 3. The molecule has 0 aromatic carbocycles. The van der Waals surface area contributed by atoms with Crippen LogP contribution >= 0.6 is 0 Å². The van der Waals surface area contributed by atoms with Crippen LogP contribution in [-0.2, 0) is 16.7 Å². The molecule has 1 aromatic rings. The summed E-state index contributed by atoms with van der Waals surface area (Å²) in [5.41, 5.74) is 3.83. The molecule has 0 aliphatic rings. The van der Waals surface area contributed by atoms with E-state index in [1.165, 1.54) is 16.8 Å². The summed E-state index contributed by atoms with van der Waals surface area (Å²) in [5.74, 6) is 0. The molecule has 1 rings (SSSR count). The van der Waals surface area contributed by atoms with Gasteiger partial charge in [0.1, 0.15) is 0 Å². The summed E-state index contributed by atoms with van der Waals surface area (Å²) in [7, 11) is 0. The van der Waals surface area contributed by atoms with E-state index in [2.05, 4.69) is 57.9 Å². The molecule has 3 nitrogen and oxygen atoms in total. The van der Waals surface area contributed by atoms with E-state index in [0.29, 0.717) is 6.10 Å². The predicted octanol–water partition coefficient (Wildman–Crippen LogP) is 3.59. The molecule has 3 heteroatoms. The van der Waals surface area contributed by atoms with E-state index >= 15 is 0 Å². The quantitative estimate of drug-likeness (QED) is 0.774. The van der Waals surface area contributed by atoms with E-state index in [1.54, 1.807) is 0 Å². The van der Waals surface area contributed by atoms with Crippen molar-refractivity contribution in [1.29, 1.82) is 0 Å². The molecule has 1 aromatic heterocycles. The van der Waals surface area contributed by atoms with Crippen LogP contribution in [0.2, 0.25) is 0 Å². The Hall–Kier alpha value is -0.930. The second-order valence-corrected chi connectivity index (χ2v) is 6.71. The van der Waals surface area contributed by atoms with Gasteiger partial charge in [-0.25, -0.2) is 0 Å². The maximum absolute atomic E-state index is 5.51. The Morgan fingerprint density at radius 3 is 2.55 bits per heavy atom. The van der Waals surface area contributed by atoms with Gasteiger partial charge in [0.2, 0.25) is 0 Å². The molecule has 0 atom stereocenters. The second-order valence-electron chi connectivity index (χ2n) is 6.71. The third-order valence-electron chi connectivity index (χ3n) is 3.12. The van der Waals surface area contributed by atoms with Crippen molar-refractivity contribution >= 4 is 0 Å². The van der Waals surface area contributed by atoms with Gasteiger partial charge < -0.3 is 10.1 Å². The van der Waals surface area contributed by atoms with Gasteiger partial charge >= 0.3 is 0 Å². The molecule has 0 fully saturated rings. The fraction of sp³-hybridized carbons (Fsp3) is 0.706. The van der Waals surface area contributed by atoms with Gasteiger partial charge in [0, 0.05) is 30.5 Å². The lowest BCUT2D eigenvalue weighted by Gasteiger charge is -2.20. The Balaban J connectivity index is 2.37. The van der Waals surface area contributed by atoms with Crippen molar-refractivity contribution in [3.8, 4) is 0 Å². The summed E-state index contributed by atoms with van der Waals surface area (Å²) in [5, 5.41) is 3.44. The average molecular weight is 278 g/mol. The van der Waals surface area contributed by atoms with Gasteiger partial charge in [0.25, 0.3) is 0 Å². The Morgan fingerprint density at radius 1 is 1.30 bits per heavy atom. The zero-order valence-electron chi connectivity index (χ0n) is 13.9. The molecule has 20 heavy (non-hydrogen) atoms. The lowest BCUT2D eigenvalue weighted by Crippen LogP contribution is -2.19. The van der Waals surface area contributed by atoms with Crippen molar-refractivity contribution in [2.24, 2.45) is 0 Å². The van der Waals surface area contributed by atoms with Crippen molar-refractivity contribution < 1.29 is 4.74 Å². The number of pyridine rings is 1. The van der Waals surface area contributed by atoms with Crippen LogP contribution in [0.25, 0.3) is 0 Å². The second kappa shape index (κ2) is 7.75. The fourth-order valence-corrected chi connectivity index (χ4v) is 2.26.